The van der Waals surface area contributed by atoms with Gasteiger partial charge in [0.15, 0.2) is 0 Å². The Morgan fingerprint density at radius 3 is 2.65 bits per heavy atom. The number of aromatic nitrogens is 1. The van der Waals surface area contributed by atoms with Crippen molar-refractivity contribution in [2.75, 3.05) is 14.1 Å². The Labute approximate surface area is 239 Å². The second-order valence-corrected chi connectivity index (χ2v) is 10.4. The number of aliphatic hydroxyl groups is 1. The maximum atomic E-state index is 11.8. The molecule has 1 heterocycles. The van der Waals surface area contributed by atoms with Gasteiger partial charge in [0, 0.05) is 49.6 Å². The van der Waals surface area contributed by atoms with E-state index >= 15 is 0 Å². The molecule has 1 fully saturated rings. The zero-order chi connectivity index (χ0) is 29.1. The molecular weight excluding hydrogens is 494 g/mol. The maximum Gasteiger partial charge on any atom is 0.132 e. The molecule has 1 saturated carbocycles. The summed E-state index contributed by atoms with van der Waals surface area (Å²) in [5, 5.41) is 11.2. The summed E-state index contributed by atoms with van der Waals surface area (Å²) in [7, 11) is 3.58. The van der Waals surface area contributed by atoms with Crippen LogP contribution < -0.4 is 0 Å². The molecule has 1 N–H and O–H groups in total. The van der Waals surface area contributed by atoms with Gasteiger partial charge in [0.25, 0.3) is 0 Å². The molecule has 1 aliphatic rings. The maximum absolute atomic E-state index is 11.8. The topological polar surface area (TPSA) is 65.8 Å². The average molecular weight is 536 g/mol. The molecular formula is C35H41N3O2. The van der Waals surface area contributed by atoms with Gasteiger partial charge >= 0.3 is 0 Å². The van der Waals surface area contributed by atoms with Crippen LogP contribution in [0.1, 0.15) is 69.2 Å². The van der Waals surface area contributed by atoms with Gasteiger partial charge in [-0.3, -0.25) is 9.79 Å². The predicted octanol–water partition coefficient (Wildman–Crippen LogP) is 7.21. The highest BCUT2D eigenvalue weighted by molar-refractivity contribution is 6.10. The Balaban J connectivity index is 1.99. The summed E-state index contributed by atoms with van der Waals surface area (Å²) in [6.45, 7) is 7.70. The number of ketones is 1. The van der Waals surface area contributed by atoms with Gasteiger partial charge in [-0.15, -0.1) is 0 Å². The van der Waals surface area contributed by atoms with E-state index in [2.05, 4.69) is 42.7 Å². The quantitative estimate of drug-likeness (QED) is 0.143. The normalized spacial score (nSPS) is 20.1. The van der Waals surface area contributed by atoms with Crippen molar-refractivity contribution in [1.29, 1.82) is 0 Å². The summed E-state index contributed by atoms with van der Waals surface area (Å²) >= 11 is 0. The fraction of sp³-hybridized carbons (Fsp3) is 0.343. The molecule has 0 spiro atoms. The molecule has 0 saturated heterocycles. The zero-order valence-electron chi connectivity index (χ0n) is 24.2. The lowest BCUT2D eigenvalue weighted by Crippen LogP contribution is -2.35. The highest BCUT2D eigenvalue weighted by Crippen LogP contribution is 2.35. The Morgan fingerprint density at radius 2 is 2.02 bits per heavy atom. The Kier molecular flexibility index (Phi) is 11.0. The van der Waals surface area contributed by atoms with E-state index in [1.807, 2.05) is 55.9 Å². The summed E-state index contributed by atoms with van der Waals surface area (Å²) in [5.74, 6) is 0.294. The second kappa shape index (κ2) is 14.4. The predicted molar refractivity (Wildman–Crippen MR) is 168 cm³/mol. The van der Waals surface area contributed by atoms with Gasteiger partial charge in [-0.05, 0) is 86.4 Å². The van der Waals surface area contributed by atoms with E-state index in [4.69, 9.17) is 11.4 Å². The molecule has 1 aromatic heterocycles. The average Bonchev–Trinajstić information content (AvgIpc) is 2.96. The van der Waals surface area contributed by atoms with E-state index in [9.17, 15) is 9.90 Å². The number of aliphatic imine (C=N–C) groups is 1. The number of carbonyl (C=O) groups excluding carboxylic acids is 1. The van der Waals surface area contributed by atoms with Crippen LogP contribution in [0.4, 0.5) is 0 Å². The third kappa shape index (κ3) is 8.00. The largest absolute Gasteiger partial charge is 0.390 e. The van der Waals surface area contributed by atoms with Crippen molar-refractivity contribution in [3.63, 3.8) is 0 Å². The minimum absolute atomic E-state index is 0.0726. The van der Waals surface area contributed by atoms with Crippen molar-refractivity contribution in [1.82, 2.24) is 9.88 Å². The minimum Gasteiger partial charge on any atom is -0.390 e. The number of terminal acetylenes is 1. The summed E-state index contributed by atoms with van der Waals surface area (Å²) in [6.07, 6.45) is 21.3. The van der Waals surface area contributed by atoms with Gasteiger partial charge < -0.3 is 10.0 Å². The SMILES string of the molecule is C#CN(C)/C=C(\C=C)c1cccc(-c2ccc(/C(C=NC)=C/CC)c(/C=C/CC3(O)CCC(C(C)=O)CC3)n2)c1. The van der Waals surface area contributed by atoms with Crippen LogP contribution in [0.15, 0.2) is 72.4 Å². The van der Waals surface area contributed by atoms with E-state index in [0.29, 0.717) is 19.3 Å². The molecule has 1 aromatic carbocycles. The third-order valence-corrected chi connectivity index (χ3v) is 7.44. The first-order chi connectivity index (χ1) is 19.2. The molecule has 5 nitrogen and oxygen atoms in total. The summed E-state index contributed by atoms with van der Waals surface area (Å²) in [5.41, 5.74) is 5.73. The highest BCUT2D eigenvalue weighted by atomic mass is 16.3. The second-order valence-electron chi connectivity index (χ2n) is 10.4. The van der Waals surface area contributed by atoms with E-state index in [-0.39, 0.29) is 11.7 Å². The van der Waals surface area contributed by atoms with Crippen LogP contribution in [0.3, 0.4) is 0 Å². The molecule has 5 heteroatoms. The fourth-order valence-electron chi connectivity index (χ4n) is 5.10. The number of nitrogens with zero attached hydrogens (tertiary/aromatic N) is 3. The first-order valence-corrected chi connectivity index (χ1v) is 13.9. The number of carbonyl (C=O) groups is 1. The third-order valence-electron chi connectivity index (χ3n) is 7.44. The molecule has 0 unspecified atom stereocenters. The number of pyridine rings is 1. The molecule has 208 valence electrons. The summed E-state index contributed by atoms with van der Waals surface area (Å²) in [4.78, 5) is 22.8. The number of hydrogen-bond acceptors (Lipinski definition) is 5. The van der Waals surface area contributed by atoms with Crippen molar-refractivity contribution >= 4 is 29.2 Å². The van der Waals surface area contributed by atoms with Gasteiger partial charge in [0.2, 0.25) is 0 Å². The molecule has 0 bridgehead atoms. The number of hydrogen-bond donors (Lipinski definition) is 1. The fourth-order valence-corrected chi connectivity index (χ4v) is 5.10. The van der Waals surface area contributed by atoms with E-state index in [1.165, 1.54) is 0 Å². The van der Waals surface area contributed by atoms with Gasteiger partial charge in [-0.2, -0.15) is 0 Å². The van der Waals surface area contributed by atoms with Crippen LogP contribution in [-0.4, -0.2) is 46.7 Å². The molecule has 0 amide bonds. The standard InChI is InChI=1S/C35H41N3O2/c1-7-12-31(24-36-5)32-16-17-33(30-14-10-13-29(23-30)27(8-2)25-38(6)9-3)37-34(32)15-11-20-35(40)21-18-28(19-22-35)26(4)39/h3,8,10-17,23-25,28,40H,2,7,18-22H2,1,4-6H3/b15-11+,27-25+,31-12+,36-24?. The first-order valence-electron chi connectivity index (χ1n) is 13.9. The van der Waals surface area contributed by atoms with Crippen molar-refractivity contribution in [3.8, 4) is 23.7 Å². The van der Waals surface area contributed by atoms with Crippen LogP contribution in [-0.2, 0) is 4.79 Å². The van der Waals surface area contributed by atoms with Gasteiger partial charge in [-0.25, -0.2) is 4.98 Å². The minimum atomic E-state index is -0.791. The number of Topliss-reactive ketones (excluding diaryl/α,β-unsaturated/α-hetero) is 1. The van der Waals surface area contributed by atoms with Crippen LogP contribution in [0.2, 0.25) is 0 Å². The zero-order valence-corrected chi connectivity index (χ0v) is 24.2. The summed E-state index contributed by atoms with van der Waals surface area (Å²) < 4.78 is 0. The van der Waals surface area contributed by atoms with E-state index in [0.717, 1.165) is 58.5 Å². The lowest BCUT2D eigenvalue weighted by atomic mass is 9.76. The number of allylic oxidation sites excluding steroid dienone is 4. The van der Waals surface area contributed by atoms with Crippen LogP contribution in [0.5, 0.6) is 0 Å². The van der Waals surface area contributed by atoms with Crippen molar-refractivity contribution < 1.29 is 9.90 Å². The number of benzene rings is 1. The van der Waals surface area contributed by atoms with Crippen LogP contribution in [0, 0.1) is 18.4 Å². The molecule has 0 radical (unpaired) electrons. The summed E-state index contributed by atoms with van der Waals surface area (Å²) in [6, 6.07) is 14.8. The van der Waals surface area contributed by atoms with E-state index < -0.39 is 5.60 Å². The monoisotopic (exact) mass is 535 g/mol. The molecule has 0 atom stereocenters. The molecule has 40 heavy (non-hydrogen) atoms. The smallest absolute Gasteiger partial charge is 0.132 e. The molecule has 1 aliphatic carbocycles. The first kappa shape index (κ1) is 30.5. The van der Waals surface area contributed by atoms with Gasteiger partial charge in [-0.1, -0.05) is 56.4 Å². The molecule has 2 aromatic rings. The number of rotatable bonds is 11. The Hall–Kier alpha value is -4.01. The Bertz CT molecular complexity index is 1370. The van der Waals surface area contributed by atoms with Crippen molar-refractivity contribution in [2.45, 2.75) is 58.0 Å². The lowest BCUT2D eigenvalue weighted by Gasteiger charge is -2.34. The van der Waals surface area contributed by atoms with Crippen LogP contribution in [0.25, 0.3) is 28.5 Å². The Morgan fingerprint density at radius 1 is 1.27 bits per heavy atom. The van der Waals surface area contributed by atoms with Gasteiger partial charge in [0.05, 0.1) is 17.0 Å². The highest BCUT2D eigenvalue weighted by Gasteiger charge is 2.33. The van der Waals surface area contributed by atoms with Gasteiger partial charge in [0.1, 0.15) is 5.78 Å². The van der Waals surface area contributed by atoms with E-state index in [1.54, 1.807) is 24.9 Å². The van der Waals surface area contributed by atoms with Crippen LogP contribution >= 0.6 is 0 Å². The van der Waals surface area contributed by atoms with Crippen molar-refractivity contribution in [3.05, 3.63) is 84.2 Å². The molecule has 3 rings (SSSR count). The van der Waals surface area contributed by atoms with Crippen molar-refractivity contribution in [2.24, 2.45) is 10.9 Å². The molecule has 0 aliphatic heterocycles. The lowest BCUT2D eigenvalue weighted by molar-refractivity contribution is -0.123.